The molecule has 0 saturated heterocycles. The maximum atomic E-state index is 11.9. The number of nitrogens with two attached hydrogens (primary N) is 1. The Bertz CT molecular complexity index is 595. The van der Waals surface area contributed by atoms with E-state index in [1.165, 1.54) is 0 Å². The van der Waals surface area contributed by atoms with Gasteiger partial charge < -0.3 is 20.8 Å². The highest BCUT2D eigenvalue weighted by Gasteiger charge is 2.09. The first-order valence-electron chi connectivity index (χ1n) is 5.77. The molecule has 0 aliphatic heterocycles. The molecule has 0 spiro atoms. The predicted octanol–water partition coefficient (Wildman–Crippen LogP) is 2.90. The fourth-order valence-electron chi connectivity index (χ4n) is 1.59. The fourth-order valence-corrected chi connectivity index (χ4v) is 1.83. The molecule has 1 heterocycles. The summed E-state index contributed by atoms with van der Waals surface area (Å²) < 4.78 is 5.32. The van der Waals surface area contributed by atoms with Crippen molar-refractivity contribution in [2.75, 3.05) is 17.7 Å². The normalized spacial score (nSPS) is 10.2. The second kappa shape index (κ2) is 5.67. The fraction of sp³-hybridized carbons (Fsp3) is 0.154. The van der Waals surface area contributed by atoms with Crippen LogP contribution in [0.5, 0.6) is 5.75 Å². The van der Waals surface area contributed by atoms with E-state index in [0.29, 0.717) is 34.4 Å². The number of aromatic amines is 1. The van der Waals surface area contributed by atoms with Gasteiger partial charge in [0.2, 0.25) is 0 Å². The second-order valence-corrected chi connectivity index (χ2v) is 4.29. The number of anilines is 2. The van der Waals surface area contributed by atoms with E-state index in [-0.39, 0.29) is 5.91 Å². The summed E-state index contributed by atoms with van der Waals surface area (Å²) in [4.78, 5) is 14.7. The largest absolute Gasteiger partial charge is 0.492 e. The summed E-state index contributed by atoms with van der Waals surface area (Å²) in [6, 6.07) is 6.63. The number of nitrogens with one attached hydrogen (secondary N) is 2. The molecule has 0 aliphatic rings. The van der Waals surface area contributed by atoms with Crippen molar-refractivity contribution in [2.24, 2.45) is 0 Å². The summed E-state index contributed by atoms with van der Waals surface area (Å²) >= 11 is 6.04. The zero-order chi connectivity index (χ0) is 13.8. The Morgan fingerprint density at radius 1 is 1.47 bits per heavy atom. The van der Waals surface area contributed by atoms with Gasteiger partial charge in [-0.3, -0.25) is 4.79 Å². The number of nitrogen functional groups attached to an aromatic ring is 1. The van der Waals surface area contributed by atoms with Crippen molar-refractivity contribution in [3.63, 3.8) is 0 Å². The number of amides is 1. The molecule has 4 N–H and O–H groups in total. The summed E-state index contributed by atoms with van der Waals surface area (Å²) in [7, 11) is 0. The van der Waals surface area contributed by atoms with Crippen molar-refractivity contribution in [2.45, 2.75) is 6.92 Å². The van der Waals surface area contributed by atoms with Gasteiger partial charge in [0.05, 0.1) is 11.6 Å². The van der Waals surface area contributed by atoms with E-state index in [4.69, 9.17) is 22.1 Å². The number of ether oxygens (including phenoxy) is 1. The maximum absolute atomic E-state index is 11.9. The number of hydrogen-bond acceptors (Lipinski definition) is 3. The van der Waals surface area contributed by atoms with E-state index in [1.807, 2.05) is 6.92 Å². The van der Waals surface area contributed by atoms with Crippen LogP contribution in [0.3, 0.4) is 0 Å². The Hall–Kier alpha value is -2.14. The van der Waals surface area contributed by atoms with Gasteiger partial charge in [0.25, 0.3) is 5.91 Å². The molecule has 19 heavy (non-hydrogen) atoms. The second-order valence-electron chi connectivity index (χ2n) is 3.88. The van der Waals surface area contributed by atoms with Crippen LogP contribution in [-0.2, 0) is 0 Å². The monoisotopic (exact) mass is 279 g/mol. The standard InChI is InChI=1S/C13H14ClN3O2/c1-2-19-12-4-3-9(6-10(12)14)17-13(18)11-5-8(15)7-16-11/h3-7,16H,2,15H2,1H3,(H,17,18). The van der Waals surface area contributed by atoms with E-state index in [9.17, 15) is 4.79 Å². The number of benzene rings is 1. The minimum atomic E-state index is -0.281. The molecule has 5 nitrogen and oxygen atoms in total. The number of aromatic nitrogens is 1. The lowest BCUT2D eigenvalue weighted by atomic mass is 10.3. The number of halogens is 1. The van der Waals surface area contributed by atoms with Crippen LogP contribution >= 0.6 is 11.6 Å². The predicted molar refractivity (Wildman–Crippen MR) is 75.8 cm³/mol. The number of hydrogen-bond donors (Lipinski definition) is 3. The first-order chi connectivity index (χ1) is 9.10. The molecular weight excluding hydrogens is 266 g/mol. The third-order valence-corrected chi connectivity index (χ3v) is 2.73. The zero-order valence-corrected chi connectivity index (χ0v) is 11.1. The molecule has 100 valence electrons. The molecule has 1 aromatic carbocycles. The van der Waals surface area contributed by atoms with Crippen LogP contribution in [0.25, 0.3) is 0 Å². The van der Waals surface area contributed by atoms with Crippen molar-refractivity contribution in [1.82, 2.24) is 4.98 Å². The van der Waals surface area contributed by atoms with Crippen LogP contribution < -0.4 is 15.8 Å². The van der Waals surface area contributed by atoms with Crippen molar-refractivity contribution in [1.29, 1.82) is 0 Å². The van der Waals surface area contributed by atoms with Gasteiger partial charge in [-0.2, -0.15) is 0 Å². The molecule has 1 amide bonds. The lowest BCUT2D eigenvalue weighted by Gasteiger charge is -2.08. The highest BCUT2D eigenvalue weighted by Crippen LogP contribution is 2.27. The molecule has 2 aromatic rings. The molecule has 0 bridgehead atoms. The Morgan fingerprint density at radius 2 is 2.26 bits per heavy atom. The third kappa shape index (κ3) is 3.20. The lowest BCUT2D eigenvalue weighted by molar-refractivity contribution is 0.102. The molecule has 6 heteroatoms. The molecule has 0 radical (unpaired) electrons. The minimum Gasteiger partial charge on any atom is -0.492 e. The maximum Gasteiger partial charge on any atom is 0.272 e. The van der Waals surface area contributed by atoms with Crippen molar-refractivity contribution in [3.8, 4) is 5.75 Å². The summed E-state index contributed by atoms with van der Waals surface area (Å²) in [5.74, 6) is 0.309. The molecule has 0 fully saturated rings. The molecule has 0 atom stereocenters. The van der Waals surface area contributed by atoms with E-state index >= 15 is 0 Å². The van der Waals surface area contributed by atoms with Crippen LogP contribution in [-0.4, -0.2) is 17.5 Å². The van der Waals surface area contributed by atoms with Gasteiger partial charge in [0, 0.05) is 17.6 Å². The van der Waals surface area contributed by atoms with E-state index < -0.39 is 0 Å². The smallest absolute Gasteiger partial charge is 0.272 e. The highest BCUT2D eigenvalue weighted by molar-refractivity contribution is 6.32. The summed E-state index contributed by atoms with van der Waals surface area (Å²) in [5, 5.41) is 3.17. The summed E-state index contributed by atoms with van der Waals surface area (Å²) in [6.45, 7) is 2.41. The Labute approximate surface area is 115 Å². The van der Waals surface area contributed by atoms with Crippen LogP contribution in [0.1, 0.15) is 17.4 Å². The first kappa shape index (κ1) is 13.3. The number of carbonyl (C=O) groups is 1. The number of H-pyrrole nitrogens is 1. The van der Waals surface area contributed by atoms with Crippen molar-refractivity contribution < 1.29 is 9.53 Å². The van der Waals surface area contributed by atoms with Gasteiger partial charge >= 0.3 is 0 Å². The summed E-state index contributed by atoms with van der Waals surface area (Å²) in [5.41, 5.74) is 7.03. The van der Waals surface area contributed by atoms with Crippen LogP contribution in [0, 0.1) is 0 Å². The quantitative estimate of drug-likeness (QED) is 0.805. The lowest BCUT2D eigenvalue weighted by Crippen LogP contribution is -2.12. The molecule has 1 aromatic heterocycles. The van der Waals surface area contributed by atoms with Crippen LogP contribution in [0.2, 0.25) is 5.02 Å². The molecule has 0 aliphatic carbocycles. The number of carbonyl (C=O) groups excluding carboxylic acids is 1. The third-order valence-electron chi connectivity index (χ3n) is 2.44. The summed E-state index contributed by atoms with van der Waals surface area (Å²) in [6.07, 6.45) is 1.56. The molecular formula is C13H14ClN3O2. The molecule has 2 rings (SSSR count). The van der Waals surface area contributed by atoms with Crippen LogP contribution in [0.4, 0.5) is 11.4 Å². The van der Waals surface area contributed by atoms with Gasteiger partial charge in [0.1, 0.15) is 11.4 Å². The topological polar surface area (TPSA) is 80.1 Å². The number of rotatable bonds is 4. The van der Waals surface area contributed by atoms with Gasteiger partial charge in [0.15, 0.2) is 0 Å². The van der Waals surface area contributed by atoms with Gasteiger partial charge in [-0.1, -0.05) is 11.6 Å². The first-order valence-corrected chi connectivity index (χ1v) is 6.15. The van der Waals surface area contributed by atoms with Crippen molar-refractivity contribution >= 4 is 28.9 Å². The van der Waals surface area contributed by atoms with E-state index in [1.54, 1.807) is 30.5 Å². The van der Waals surface area contributed by atoms with Gasteiger partial charge in [-0.25, -0.2) is 0 Å². The van der Waals surface area contributed by atoms with Gasteiger partial charge in [-0.15, -0.1) is 0 Å². The molecule has 0 saturated carbocycles. The van der Waals surface area contributed by atoms with Gasteiger partial charge in [-0.05, 0) is 31.2 Å². The Morgan fingerprint density at radius 3 is 2.84 bits per heavy atom. The average Bonchev–Trinajstić information content (AvgIpc) is 2.80. The SMILES string of the molecule is CCOc1ccc(NC(=O)c2cc(N)c[nH]2)cc1Cl. The van der Waals surface area contributed by atoms with Crippen LogP contribution in [0.15, 0.2) is 30.5 Å². The molecule has 0 unspecified atom stereocenters. The zero-order valence-electron chi connectivity index (χ0n) is 10.4. The average molecular weight is 280 g/mol. The van der Waals surface area contributed by atoms with E-state index in [2.05, 4.69) is 10.3 Å². The Balaban J connectivity index is 2.11. The van der Waals surface area contributed by atoms with E-state index in [0.717, 1.165) is 0 Å². The Kier molecular flexibility index (Phi) is 3.97. The minimum absolute atomic E-state index is 0.281. The van der Waals surface area contributed by atoms with Crippen molar-refractivity contribution in [3.05, 3.63) is 41.2 Å². The highest BCUT2D eigenvalue weighted by atomic mass is 35.5.